The molecule has 0 saturated carbocycles. The van der Waals surface area contributed by atoms with Crippen molar-refractivity contribution >= 4 is 34.6 Å². The van der Waals surface area contributed by atoms with Gasteiger partial charge in [0.2, 0.25) is 0 Å². The summed E-state index contributed by atoms with van der Waals surface area (Å²) in [6.07, 6.45) is 5.24. The van der Waals surface area contributed by atoms with Gasteiger partial charge in [-0.25, -0.2) is 9.97 Å². The second kappa shape index (κ2) is 8.73. The molecule has 2 aromatic rings. The summed E-state index contributed by atoms with van der Waals surface area (Å²) < 4.78 is 0. The number of aryl methyl sites for hydroxylation is 1. The van der Waals surface area contributed by atoms with E-state index in [0.717, 1.165) is 34.2 Å². The zero-order chi connectivity index (χ0) is 16.7. The van der Waals surface area contributed by atoms with Crippen molar-refractivity contribution in [1.29, 1.82) is 0 Å². The number of hydrogen-bond donors (Lipinski definition) is 2. The summed E-state index contributed by atoms with van der Waals surface area (Å²) in [6.45, 7) is 2.46. The third-order valence-corrected chi connectivity index (χ3v) is 5.12. The van der Waals surface area contributed by atoms with Crippen molar-refractivity contribution in [2.75, 3.05) is 6.54 Å². The van der Waals surface area contributed by atoms with E-state index < -0.39 is 5.97 Å². The molecule has 0 spiro atoms. The zero-order valence-electron chi connectivity index (χ0n) is 12.9. The standard InChI is InChI=1S/C15H19N3O3S2/c1-10-12(18-15(23-10)14-17-8-9-22-14)13(21)16-7-5-3-2-4-6-11(19)20/h8-9H,2-7H2,1H3,(H,16,21)(H,19,20). The molecule has 0 aliphatic carbocycles. The van der Waals surface area contributed by atoms with Crippen LogP contribution in [0.1, 0.15) is 47.5 Å². The lowest BCUT2D eigenvalue weighted by Gasteiger charge is -2.03. The Balaban J connectivity index is 1.75. The first kappa shape index (κ1) is 17.6. The van der Waals surface area contributed by atoms with E-state index in [4.69, 9.17) is 5.11 Å². The number of amides is 1. The van der Waals surface area contributed by atoms with E-state index in [9.17, 15) is 9.59 Å². The molecule has 0 radical (unpaired) electrons. The van der Waals surface area contributed by atoms with Crippen molar-refractivity contribution in [2.45, 2.75) is 39.0 Å². The van der Waals surface area contributed by atoms with Crippen molar-refractivity contribution in [3.05, 3.63) is 22.1 Å². The lowest BCUT2D eigenvalue weighted by molar-refractivity contribution is -0.137. The Morgan fingerprint density at radius 1 is 1.22 bits per heavy atom. The topological polar surface area (TPSA) is 92.2 Å². The number of thiazole rings is 2. The summed E-state index contributed by atoms with van der Waals surface area (Å²) in [7, 11) is 0. The highest BCUT2D eigenvalue weighted by Crippen LogP contribution is 2.28. The molecule has 0 saturated heterocycles. The molecule has 0 fully saturated rings. The highest BCUT2D eigenvalue weighted by atomic mass is 32.1. The molecule has 23 heavy (non-hydrogen) atoms. The molecule has 0 unspecified atom stereocenters. The predicted octanol–water partition coefficient (Wildman–Crippen LogP) is 3.34. The SMILES string of the molecule is Cc1sc(-c2nccs2)nc1C(=O)NCCCCCCC(=O)O. The van der Waals surface area contributed by atoms with E-state index in [2.05, 4.69) is 15.3 Å². The minimum Gasteiger partial charge on any atom is -0.481 e. The van der Waals surface area contributed by atoms with Gasteiger partial charge >= 0.3 is 5.97 Å². The summed E-state index contributed by atoms with van der Waals surface area (Å²) in [5.74, 6) is -0.916. The van der Waals surface area contributed by atoms with E-state index in [1.54, 1.807) is 6.20 Å². The normalized spacial score (nSPS) is 10.7. The number of nitrogens with zero attached hydrogens (tertiary/aromatic N) is 2. The van der Waals surface area contributed by atoms with E-state index in [0.29, 0.717) is 18.7 Å². The zero-order valence-corrected chi connectivity index (χ0v) is 14.5. The molecule has 2 heterocycles. The predicted molar refractivity (Wildman–Crippen MR) is 91.0 cm³/mol. The lowest BCUT2D eigenvalue weighted by atomic mass is 10.1. The number of nitrogens with one attached hydrogen (secondary N) is 1. The van der Waals surface area contributed by atoms with E-state index in [1.165, 1.54) is 22.7 Å². The fourth-order valence-electron chi connectivity index (χ4n) is 2.07. The summed E-state index contributed by atoms with van der Waals surface area (Å²) >= 11 is 2.98. The van der Waals surface area contributed by atoms with Crippen LogP contribution in [0.15, 0.2) is 11.6 Å². The van der Waals surface area contributed by atoms with Gasteiger partial charge in [0.1, 0.15) is 5.69 Å². The number of aromatic nitrogens is 2. The second-order valence-electron chi connectivity index (χ2n) is 5.07. The van der Waals surface area contributed by atoms with Crippen LogP contribution in [0.4, 0.5) is 0 Å². The number of carboxylic acids is 1. The number of hydrogen-bond acceptors (Lipinski definition) is 6. The Morgan fingerprint density at radius 3 is 2.70 bits per heavy atom. The van der Waals surface area contributed by atoms with Crippen molar-refractivity contribution in [2.24, 2.45) is 0 Å². The van der Waals surface area contributed by atoms with Crippen LogP contribution in [-0.4, -0.2) is 33.5 Å². The Bertz CT molecular complexity index is 653. The van der Waals surface area contributed by atoms with Crippen LogP contribution in [0.5, 0.6) is 0 Å². The van der Waals surface area contributed by atoms with Gasteiger partial charge in [0.05, 0.1) is 0 Å². The van der Waals surface area contributed by atoms with Gasteiger partial charge in [-0.05, 0) is 19.8 Å². The lowest BCUT2D eigenvalue weighted by Crippen LogP contribution is -2.25. The molecule has 8 heteroatoms. The van der Waals surface area contributed by atoms with Crippen molar-refractivity contribution in [3.63, 3.8) is 0 Å². The molecule has 2 aromatic heterocycles. The molecule has 2 N–H and O–H groups in total. The first-order valence-electron chi connectivity index (χ1n) is 7.45. The summed E-state index contributed by atoms with van der Waals surface area (Å²) in [4.78, 5) is 32.0. The van der Waals surface area contributed by atoms with Crippen LogP contribution in [0.25, 0.3) is 10.0 Å². The molecule has 2 rings (SSSR count). The summed E-state index contributed by atoms with van der Waals surface area (Å²) in [5, 5.41) is 14.9. The highest BCUT2D eigenvalue weighted by molar-refractivity contribution is 7.20. The average molecular weight is 353 g/mol. The first-order chi connectivity index (χ1) is 11.1. The third-order valence-electron chi connectivity index (χ3n) is 3.23. The van der Waals surface area contributed by atoms with Crippen LogP contribution in [0.3, 0.4) is 0 Å². The fraction of sp³-hybridized carbons (Fsp3) is 0.467. The van der Waals surface area contributed by atoms with Gasteiger partial charge in [-0.15, -0.1) is 22.7 Å². The molecule has 1 amide bonds. The van der Waals surface area contributed by atoms with Gasteiger partial charge in [0, 0.05) is 29.4 Å². The van der Waals surface area contributed by atoms with E-state index in [-0.39, 0.29) is 12.3 Å². The maximum atomic E-state index is 12.2. The Hall–Kier alpha value is -1.80. The quantitative estimate of drug-likeness (QED) is 0.675. The molecular weight excluding hydrogens is 334 g/mol. The molecule has 6 nitrogen and oxygen atoms in total. The number of carbonyl (C=O) groups is 2. The monoisotopic (exact) mass is 353 g/mol. The maximum absolute atomic E-state index is 12.2. The minimum atomic E-state index is -0.756. The second-order valence-corrected chi connectivity index (χ2v) is 7.17. The number of unbranched alkanes of at least 4 members (excludes halogenated alkanes) is 3. The Morgan fingerprint density at radius 2 is 2.00 bits per heavy atom. The van der Waals surface area contributed by atoms with Gasteiger partial charge in [-0.2, -0.15) is 0 Å². The largest absolute Gasteiger partial charge is 0.481 e. The molecule has 0 atom stereocenters. The molecule has 0 aliphatic heterocycles. The van der Waals surface area contributed by atoms with Crippen molar-refractivity contribution in [1.82, 2.24) is 15.3 Å². The summed E-state index contributed by atoms with van der Waals surface area (Å²) in [5.41, 5.74) is 0.464. The van der Waals surface area contributed by atoms with Gasteiger partial charge < -0.3 is 10.4 Å². The van der Waals surface area contributed by atoms with Gasteiger partial charge in [0.25, 0.3) is 5.91 Å². The van der Waals surface area contributed by atoms with Crippen LogP contribution < -0.4 is 5.32 Å². The van der Waals surface area contributed by atoms with Gasteiger partial charge in [0.15, 0.2) is 10.0 Å². The maximum Gasteiger partial charge on any atom is 0.303 e. The van der Waals surface area contributed by atoms with Crippen LogP contribution >= 0.6 is 22.7 Å². The fourth-order valence-corrected chi connectivity index (χ4v) is 3.66. The Labute approximate surface area is 142 Å². The molecular formula is C15H19N3O3S2. The molecule has 0 aliphatic rings. The number of carbonyl (C=O) groups excluding carboxylic acids is 1. The van der Waals surface area contributed by atoms with Crippen molar-refractivity contribution in [3.8, 4) is 10.0 Å². The third kappa shape index (κ3) is 5.40. The number of aliphatic carboxylic acids is 1. The first-order valence-corrected chi connectivity index (χ1v) is 9.15. The Kier molecular flexibility index (Phi) is 6.66. The number of carboxylic acid groups (broad SMARTS) is 1. The van der Waals surface area contributed by atoms with E-state index >= 15 is 0 Å². The van der Waals surface area contributed by atoms with Crippen molar-refractivity contribution < 1.29 is 14.7 Å². The van der Waals surface area contributed by atoms with Crippen LogP contribution in [-0.2, 0) is 4.79 Å². The number of rotatable bonds is 9. The van der Waals surface area contributed by atoms with Crippen LogP contribution in [0.2, 0.25) is 0 Å². The molecule has 124 valence electrons. The highest BCUT2D eigenvalue weighted by Gasteiger charge is 2.16. The smallest absolute Gasteiger partial charge is 0.303 e. The summed E-state index contributed by atoms with van der Waals surface area (Å²) in [6, 6.07) is 0. The van der Waals surface area contributed by atoms with E-state index in [1.807, 2.05) is 12.3 Å². The van der Waals surface area contributed by atoms with Gasteiger partial charge in [-0.1, -0.05) is 12.8 Å². The average Bonchev–Trinajstić information content (AvgIpc) is 3.14. The van der Waals surface area contributed by atoms with Crippen LogP contribution in [0, 0.1) is 6.92 Å². The molecule has 0 bridgehead atoms. The minimum absolute atomic E-state index is 0.160. The molecule has 0 aromatic carbocycles. The van der Waals surface area contributed by atoms with Gasteiger partial charge in [-0.3, -0.25) is 9.59 Å².